The van der Waals surface area contributed by atoms with Gasteiger partial charge in [0.1, 0.15) is 5.52 Å². The molecule has 0 amide bonds. The molecule has 0 spiro atoms. The van der Waals surface area contributed by atoms with Crippen LogP contribution >= 0.6 is 12.4 Å². The summed E-state index contributed by atoms with van der Waals surface area (Å²) in [6.07, 6.45) is 11.0. The first-order valence-electron chi connectivity index (χ1n) is 12.8. The Labute approximate surface area is 228 Å². The SMILES string of the molecule is CO[C@H]1CC[C@@H](Nc2nc(-c3nccn3C)nn3cc(-c4ccn(C(C)C)n4)c(-c4ccccc4)c23)C1.Cl. The molecule has 4 aromatic heterocycles. The summed E-state index contributed by atoms with van der Waals surface area (Å²) in [4.78, 5) is 9.57. The molecule has 38 heavy (non-hydrogen) atoms. The Hall–Kier alpha value is -3.69. The van der Waals surface area contributed by atoms with Crippen LogP contribution in [0.5, 0.6) is 0 Å². The maximum atomic E-state index is 5.64. The molecular formula is C28H33ClN8O. The standard InChI is InChI=1S/C28H32N8O.ClH/c1-18(2)35-14-12-23(32-35)22-17-36-25(24(22)19-8-6-5-7-9-19)26(30-20-10-11-21(16-20)37-4)31-27(33-36)28-29-13-15-34(28)3;/h5-9,12-15,17-18,20-21H,10-11,16H2,1-4H3,(H,30,31,33);1H/t20-,21+;/m1./s1. The Bertz CT molecular complexity index is 1540. The third-order valence-corrected chi connectivity index (χ3v) is 7.19. The topological polar surface area (TPSA) is 87.1 Å². The predicted octanol–water partition coefficient (Wildman–Crippen LogP) is 5.64. The molecule has 4 heterocycles. The largest absolute Gasteiger partial charge is 0.381 e. The van der Waals surface area contributed by atoms with E-state index in [0.29, 0.717) is 11.6 Å². The van der Waals surface area contributed by atoms with Gasteiger partial charge in [-0.05, 0) is 44.7 Å². The lowest BCUT2D eigenvalue weighted by Gasteiger charge is -2.16. The first-order chi connectivity index (χ1) is 18.0. The minimum atomic E-state index is 0. The second-order valence-corrected chi connectivity index (χ2v) is 10.0. The first-order valence-corrected chi connectivity index (χ1v) is 12.8. The number of imidazole rings is 1. The van der Waals surface area contributed by atoms with Crippen molar-refractivity contribution in [3.05, 3.63) is 61.2 Å². The lowest BCUT2D eigenvalue weighted by Crippen LogP contribution is -2.19. The third-order valence-electron chi connectivity index (χ3n) is 7.19. The van der Waals surface area contributed by atoms with Gasteiger partial charge in [-0.1, -0.05) is 30.3 Å². The van der Waals surface area contributed by atoms with Crippen molar-refractivity contribution in [2.75, 3.05) is 12.4 Å². The average Bonchev–Trinajstić information content (AvgIpc) is 3.69. The maximum absolute atomic E-state index is 5.64. The number of nitrogens with zero attached hydrogens (tertiary/aromatic N) is 7. The number of anilines is 1. The summed E-state index contributed by atoms with van der Waals surface area (Å²) in [6.45, 7) is 4.26. The number of ether oxygens (including phenoxy) is 1. The van der Waals surface area contributed by atoms with E-state index < -0.39 is 0 Å². The van der Waals surface area contributed by atoms with Crippen LogP contribution in [0.1, 0.15) is 39.2 Å². The van der Waals surface area contributed by atoms with Crippen molar-refractivity contribution in [2.24, 2.45) is 7.05 Å². The van der Waals surface area contributed by atoms with Crippen LogP contribution in [0, 0.1) is 0 Å². The minimum Gasteiger partial charge on any atom is -0.381 e. The van der Waals surface area contributed by atoms with Gasteiger partial charge >= 0.3 is 0 Å². The first kappa shape index (κ1) is 25.9. The highest BCUT2D eigenvalue weighted by Crippen LogP contribution is 2.40. The van der Waals surface area contributed by atoms with Crippen LogP contribution in [0.4, 0.5) is 5.82 Å². The fraction of sp³-hybridized carbons (Fsp3) is 0.357. The number of fused-ring (bicyclic) bond motifs is 1. The average molecular weight is 533 g/mol. The van der Waals surface area contributed by atoms with Gasteiger partial charge in [0.25, 0.3) is 0 Å². The van der Waals surface area contributed by atoms with Crippen LogP contribution in [-0.2, 0) is 11.8 Å². The third kappa shape index (κ3) is 4.68. The number of rotatable bonds is 7. The number of benzene rings is 1. The van der Waals surface area contributed by atoms with Gasteiger partial charge in [0, 0.05) is 62.2 Å². The fourth-order valence-electron chi connectivity index (χ4n) is 5.20. The normalized spacial score (nSPS) is 17.3. The number of methoxy groups -OCH3 is 1. The Balaban J connectivity index is 0.00000294. The molecule has 0 bridgehead atoms. The smallest absolute Gasteiger partial charge is 0.218 e. The molecule has 1 N–H and O–H groups in total. The molecule has 0 saturated heterocycles. The molecule has 0 aliphatic heterocycles. The molecular weight excluding hydrogens is 500 g/mol. The molecule has 1 saturated carbocycles. The highest BCUT2D eigenvalue weighted by atomic mass is 35.5. The molecule has 1 aliphatic carbocycles. The lowest BCUT2D eigenvalue weighted by molar-refractivity contribution is 0.108. The molecule has 1 aliphatic rings. The molecule has 9 nitrogen and oxygen atoms in total. The van der Waals surface area contributed by atoms with Crippen LogP contribution in [0.15, 0.2) is 61.2 Å². The van der Waals surface area contributed by atoms with Crippen molar-refractivity contribution in [3.8, 4) is 34.0 Å². The number of aryl methyl sites for hydroxylation is 1. The van der Waals surface area contributed by atoms with E-state index in [4.69, 9.17) is 19.9 Å². The van der Waals surface area contributed by atoms with Gasteiger partial charge in [0.05, 0.1) is 11.8 Å². The molecule has 2 atom stereocenters. The summed E-state index contributed by atoms with van der Waals surface area (Å²) in [5, 5.41) is 13.6. The quantitative estimate of drug-likeness (QED) is 0.292. The van der Waals surface area contributed by atoms with E-state index in [1.165, 1.54) is 0 Å². The second kappa shape index (κ2) is 10.6. The van der Waals surface area contributed by atoms with Crippen molar-refractivity contribution in [3.63, 3.8) is 0 Å². The van der Waals surface area contributed by atoms with E-state index in [9.17, 15) is 0 Å². The van der Waals surface area contributed by atoms with Crippen LogP contribution in [0.3, 0.4) is 0 Å². The van der Waals surface area contributed by atoms with E-state index in [1.807, 2.05) is 39.3 Å². The van der Waals surface area contributed by atoms with E-state index in [-0.39, 0.29) is 30.6 Å². The van der Waals surface area contributed by atoms with Gasteiger partial charge in [-0.25, -0.2) is 14.5 Å². The van der Waals surface area contributed by atoms with Gasteiger partial charge in [-0.3, -0.25) is 4.68 Å². The summed E-state index contributed by atoms with van der Waals surface area (Å²) < 4.78 is 11.5. The minimum absolute atomic E-state index is 0. The predicted molar refractivity (Wildman–Crippen MR) is 152 cm³/mol. The van der Waals surface area contributed by atoms with Crippen molar-refractivity contribution in [1.29, 1.82) is 0 Å². The zero-order valence-corrected chi connectivity index (χ0v) is 22.9. The number of nitrogens with one attached hydrogen (secondary N) is 1. The summed E-state index contributed by atoms with van der Waals surface area (Å²) in [5.41, 5.74) is 5.00. The number of hydrogen-bond acceptors (Lipinski definition) is 6. The monoisotopic (exact) mass is 532 g/mol. The maximum Gasteiger partial charge on any atom is 0.218 e. The number of aromatic nitrogens is 7. The Kier molecular flexibility index (Phi) is 7.23. The molecule has 0 unspecified atom stereocenters. The van der Waals surface area contributed by atoms with Crippen molar-refractivity contribution in [1.82, 2.24) is 33.9 Å². The van der Waals surface area contributed by atoms with Gasteiger partial charge in [-0.15, -0.1) is 17.5 Å². The summed E-state index contributed by atoms with van der Waals surface area (Å²) >= 11 is 0. The van der Waals surface area contributed by atoms with Crippen molar-refractivity contribution < 1.29 is 4.74 Å². The highest BCUT2D eigenvalue weighted by Gasteiger charge is 2.28. The van der Waals surface area contributed by atoms with Crippen molar-refractivity contribution in [2.45, 2.75) is 51.3 Å². The molecule has 6 rings (SSSR count). The molecule has 1 aromatic carbocycles. The molecule has 0 radical (unpaired) electrons. The lowest BCUT2D eigenvalue weighted by atomic mass is 10.0. The van der Waals surface area contributed by atoms with E-state index in [2.05, 4.69) is 60.7 Å². The van der Waals surface area contributed by atoms with Crippen molar-refractivity contribution >= 4 is 23.7 Å². The zero-order valence-electron chi connectivity index (χ0n) is 22.1. The van der Waals surface area contributed by atoms with Crippen LogP contribution in [0.25, 0.3) is 39.5 Å². The van der Waals surface area contributed by atoms with E-state index in [0.717, 1.165) is 53.0 Å². The summed E-state index contributed by atoms with van der Waals surface area (Å²) in [7, 11) is 3.75. The zero-order chi connectivity index (χ0) is 25.5. The molecule has 1 fully saturated rings. The van der Waals surface area contributed by atoms with Crippen LogP contribution < -0.4 is 5.32 Å². The second-order valence-electron chi connectivity index (χ2n) is 10.0. The number of hydrogen-bond donors (Lipinski definition) is 1. The van der Waals surface area contributed by atoms with Crippen LogP contribution in [0.2, 0.25) is 0 Å². The van der Waals surface area contributed by atoms with Gasteiger partial charge < -0.3 is 14.6 Å². The molecule has 10 heteroatoms. The molecule has 5 aromatic rings. The van der Waals surface area contributed by atoms with Gasteiger partial charge in [0.15, 0.2) is 11.6 Å². The van der Waals surface area contributed by atoms with E-state index >= 15 is 0 Å². The summed E-state index contributed by atoms with van der Waals surface area (Å²) in [6, 6.07) is 13.0. The van der Waals surface area contributed by atoms with Gasteiger partial charge in [0.2, 0.25) is 5.82 Å². The Morgan fingerprint density at radius 3 is 2.53 bits per heavy atom. The Morgan fingerprint density at radius 2 is 1.87 bits per heavy atom. The summed E-state index contributed by atoms with van der Waals surface area (Å²) in [5.74, 6) is 2.08. The molecule has 198 valence electrons. The van der Waals surface area contributed by atoms with Crippen LogP contribution in [-0.4, -0.2) is 53.2 Å². The Morgan fingerprint density at radius 1 is 1.05 bits per heavy atom. The fourth-order valence-corrected chi connectivity index (χ4v) is 5.20. The highest BCUT2D eigenvalue weighted by molar-refractivity contribution is 5.98. The number of halogens is 1. The van der Waals surface area contributed by atoms with E-state index in [1.54, 1.807) is 13.3 Å². The van der Waals surface area contributed by atoms with Gasteiger partial charge in [-0.2, -0.15) is 5.10 Å².